The van der Waals surface area contributed by atoms with Crippen LogP contribution < -0.4 is 5.32 Å². The molecule has 0 heterocycles. The van der Waals surface area contributed by atoms with Gasteiger partial charge in [0.05, 0.1) is 5.69 Å². The van der Waals surface area contributed by atoms with Crippen LogP contribution in [-0.4, -0.2) is 5.91 Å². The van der Waals surface area contributed by atoms with Crippen molar-refractivity contribution in [2.75, 3.05) is 5.32 Å². The Hall–Kier alpha value is -1.82. The molecule has 0 aliphatic rings. The Morgan fingerprint density at radius 2 is 2.17 bits per heavy atom. The van der Waals surface area contributed by atoms with Gasteiger partial charge in [0.15, 0.2) is 0 Å². The third-order valence-corrected chi connectivity index (χ3v) is 1.25. The molecule has 0 saturated heterocycles. The van der Waals surface area contributed by atoms with E-state index in [1.54, 1.807) is 6.07 Å². The molecule has 0 bridgehead atoms. The topological polar surface area (TPSA) is 29.1 Å². The fourth-order valence-electron chi connectivity index (χ4n) is 0.721. The highest BCUT2D eigenvalue weighted by Gasteiger charge is 2.01. The van der Waals surface area contributed by atoms with E-state index in [1.165, 1.54) is 18.2 Å². The first kappa shape index (κ1) is 8.28. The second kappa shape index (κ2) is 3.54. The Morgan fingerprint density at radius 3 is 2.75 bits per heavy atom. The van der Waals surface area contributed by atoms with Crippen molar-refractivity contribution in [3.8, 4) is 12.3 Å². The smallest absolute Gasteiger partial charge is 0.300 e. The van der Waals surface area contributed by atoms with Crippen LogP contribution in [0.15, 0.2) is 24.3 Å². The highest BCUT2D eigenvalue weighted by Crippen LogP contribution is 2.11. The second-order valence-corrected chi connectivity index (χ2v) is 2.08. The van der Waals surface area contributed by atoms with Gasteiger partial charge in [0, 0.05) is 0 Å². The summed E-state index contributed by atoms with van der Waals surface area (Å²) in [6.07, 6.45) is 4.79. The third kappa shape index (κ3) is 1.83. The van der Waals surface area contributed by atoms with E-state index in [0.717, 1.165) is 0 Å². The second-order valence-electron chi connectivity index (χ2n) is 2.08. The van der Waals surface area contributed by atoms with Crippen LogP contribution in [0.1, 0.15) is 0 Å². The van der Waals surface area contributed by atoms with E-state index in [4.69, 9.17) is 6.42 Å². The highest BCUT2D eigenvalue weighted by molar-refractivity contribution is 6.03. The van der Waals surface area contributed by atoms with Crippen LogP contribution >= 0.6 is 0 Å². The molecule has 0 radical (unpaired) electrons. The molecule has 0 aromatic heterocycles. The number of hydrogen-bond acceptors (Lipinski definition) is 1. The molecule has 0 fully saturated rings. The Labute approximate surface area is 69.4 Å². The minimum atomic E-state index is -0.653. The van der Waals surface area contributed by atoms with Gasteiger partial charge >= 0.3 is 0 Å². The summed E-state index contributed by atoms with van der Waals surface area (Å²) >= 11 is 0. The molecule has 1 N–H and O–H groups in total. The zero-order valence-electron chi connectivity index (χ0n) is 6.17. The maximum absolute atomic E-state index is 12.8. The molecule has 1 aromatic carbocycles. The predicted octanol–water partition coefficient (Wildman–Crippen LogP) is 1.40. The van der Waals surface area contributed by atoms with E-state index in [9.17, 15) is 9.18 Å². The summed E-state index contributed by atoms with van der Waals surface area (Å²) in [5.74, 6) is 0.672. The van der Waals surface area contributed by atoms with Crippen molar-refractivity contribution in [1.82, 2.24) is 0 Å². The standard InChI is InChI=1S/C9H6FNO/c1-2-9(12)11-8-6-4-3-5-7(8)10/h1,3-6H,(H,11,12). The molecule has 2 nitrogen and oxygen atoms in total. The number of amides is 1. The number of nitrogens with one attached hydrogen (secondary N) is 1. The molecule has 60 valence electrons. The van der Waals surface area contributed by atoms with Gasteiger partial charge in [-0.25, -0.2) is 4.39 Å². The number of benzene rings is 1. The van der Waals surface area contributed by atoms with Crippen molar-refractivity contribution in [3.63, 3.8) is 0 Å². The van der Waals surface area contributed by atoms with Crippen molar-refractivity contribution in [2.24, 2.45) is 0 Å². The number of terminal acetylenes is 1. The van der Waals surface area contributed by atoms with Gasteiger partial charge in [0.25, 0.3) is 5.91 Å². The average Bonchev–Trinajstić information content (AvgIpc) is 2.09. The normalized spacial score (nSPS) is 8.67. The lowest BCUT2D eigenvalue weighted by Gasteiger charge is -2.00. The molecule has 0 unspecified atom stereocenters. The van der Waals surface area contributed by atoms with Gasteiger partial charge < -0.3 is 5.32 Å². The Bertz CT molecular complexity index is 341. The molecule has 1 aromatic rings. The SMILES string of the molecule is C#CC(=O)Nc1ccccc1F. The van der Waals surface area contributed by atoms with E-state index in [0.29, 0.717) is 0 Å². The number of anilines is 1. The molecular formula is C9H6FNO. The predicted molar refractivity (Wildman–Crippen MR) is 43.9 cm³/mol. The van der Waals surface area contributed by atoms with Gasteiger partial charge in [-0.2, -0.15) is 0 Å². The fraction of sp³-hybridized carbons (Fsp3) is 0. The van der Waals surface area contributed by atoms with E-state index >= 15 is 0 Å². The van der Waals surface area contributed by atoms with Crippen molar-refractivity contribution in [2.45, 2.75) is 0 Å². The number of hydrogen-bond donors (Lipinski definition) is 1. The van der Waals surface area contributed by atoms with E-state index < -0.39 is 11.7 Å². The third-order valence-electron chi connectivity index (χ3n) is 1.25. The van der Waals surface area contributed by atoms with Gasteiger partial charge in [-0.3, -0.25) is 4.79 Å². The number of carbonyl (C=O) groups is 1. The first-order chi connectivity index (χ1) is 5.74. The number of para-hydroxylation sites is 1. The van der Waals surface area contributed by atoms with E-state index in [2.05, 4.69) is 5.32 Å². The molecular weight excluding hydrogens is 157 g/mol. The number of carbonyl (C=O) groups excluding carboxylic acids is 1. The molecule has 3 heteroatoms. The van der Waals surface area contributed by atoms with Crippen LogP contribution in [0.3, 0.4) is 0 Å². The minimum absolute atomic E-state index is 0.0976. The van der Waals surface area contributed by atoms with Crippen LogP contribution in [0.5, 0.6) is 0 Å². The first-order valence-electron chi connectivity index (χ1n) is 3.26. The lowest BCUT2D eigenvalue weighted by atomic mass is 10.3. The monoisotopic (exact) mass is 163 g/mol. The molecule has 1 rings (SSSR count). The molecule has 1 amide bonds. The zero-order valence-corrected chi connectivity index (χ0v) is 6.17. The van der Waals surface area contributed by atoms with Crippen molar-refractivity contribution < 1.29 is 9.18 Å². The Balaban J connectivity index is 2.84. The lowest BCUT2D eigenvalue weighted by Crippen LogP contribution is -2.09. The van der Waals surface area contributed by atoms with Crippen LogP contribution in [0.2, 0.25) is 0 Å². The van der Waals surface area contributed by atoms with Gasteiger partial charge in [-0.1, -0.05) is 12.1 Å². The number of halogens is 1. The average molecular weight is 163 g/mol. The highest BCUT2D eigenvalue weighted by atomic mass is 19.1. The zero-order chi connectivity index (χ0) is 8.97. The summed E-state index contributed by atoms with van der Waals surface area (Å²) in [7, 11) is 0. The Morgan fingerprint density at radius 1 is 1.50 bits per heavy atom. The molecule has 0 spiro atoms. The van der Waals surface area contributed by atoms with Crippen LogP contribution in [0.4, 0.5) is 10.1 Å². The molecule has 0 aliphatic carbocycles. The quantitative estimate of drug-likeness (QED) is 0.623. The van der Waals surface area contributed by atoms with Gasteiger partial charge in [0.1, 0.15) is 5.82 Å². The van der Waals surface area contributed by atoms with Crippen LogP contribution in [0, 0.1) is 18.2 Å². The fourth-order valence-corrected chi connectivity index (χ4v) is 0.721. The van der Waals surface area contributed by atoms with Crippen molar-refractivity contribution in [3.05, 3.63) is 30.1 Å². The maximum Gasteiger partial charge on any atom is 0.300 e. The molecule has 0 atom stereocenters. The van der Waals surface area contributed by atoms with Gasteiger partial charge in [0.2, 0.25) is 0 Å². The minimum Gasteiger partial charge on any atom is -0.313 e. The largest absolute Gasteiger partial charge is 0.313 e. The maximum atomic E-state index is 12.8. The van der Waals surface area contributed by atoms with Crippen LogP contribution in [0.25, 0.3) is 0 Å². The van der Waals surface area contributed by atoms with Gasteiger partial charge in [-0.15, -0.1) is 6.42 Å². The van der Waals surface area contributed by atoms with Gasteiger partial charge in [-0.05, 0) is 18.1 Å². The first-order valence-corrected chi connectivity index (χ1v) is 3.26. The summed E-state index contributed by atoms with van der Waals surface area (Å²) in [6.45, 7) is 0. The van der Waals surface area contributed by atoms with E-state index in [1.807, 2.05) is 5.92 Å². The summed E-state index contributed by atoms with van der Waals surface area (Å²) in [4.78, 5) is 10.6. The lowest BCUT2D eigenvalue weighted by molar-refractivity contribution is -0.111. The van der Waals surface area contributed by atoms with Crippen LogP contribution in [-0.2, 0) is 4.79 Å². The molecule has 0 aliphatic heterocycles. The van der Waals surface area contributed by atoms with Crippen molar-refractivity contribution in [1.29, 1.82) is 0 Å². The summed E-state index contributed by atoms with van der Waals surface area (Å²) in [5, 5.41) is 2.21. The molecule has 12 heavy (non-hydrogen) atoms. The van der Waals surface area contributed by atoms with Crippen molar-refractivity contribution >= 4 is 11.6 Å². The molecule has 0 saturated carbocycles. The summed E-state index contributed by atoms with van der Waals surface area (Å²) in [5.41, 5.74) is 0.0976. The Kier molecular flexibility index (Phi) is 2.44. The summed E-state index contributed by atoms with van der Waals surface area (Å²) < 4.78 is 12.8. The number of rotatable bonds is 1. The summed E-state index contributed by atoms with van der Waals surface area (Å²) in [6, 6.07) is 5.81. The van der Waals surface area contributed by atoms with E-state index in [-0.39, 0.29) is 5.69 Å².